The average molecular weight is 484 g/mol. The Morgan fingerprint density at radius 1 is 1.10 bits per heavy atom. The molecule has 1 atom stereocenters. The van der Waals surface area contributed by atoms with E-state index in [-0.39, 0.29) is 39.1 Å². The van der Waals surface area contributed by atoms with Crippen LogP contribution in [0.4, 0.5) is 0 Å². The van der Waals surface area contributed by atoms with Gasteiger partial charge in [-0.2, -0.15) is 4.72 Å². The summed E-state index contributed by atoms with van der Waals surface area (Å²) in [5.74, 6) is -1.03. The largest absolute Gasteiger partial charge is 0.369 e. The second kappa shape index (κ2) is 9.99. The molecule has 0 saturated carbocycles. The highest BCUT2D eigenvalue weighted by atomic mass is 35.5. The van der Waals surface area contributed by atoms with E-state index in [2.05, 4.69) is 4.72 Å². The molecule has 7 nitrogen and oxygen atoms in total. The molecule has 31 heavy (non-hydrogen) atoms. The van der Waals surface area contributed by atoms with Gasteiger partial charge in [0.25, 0.3) is 0 Å². The molecule has 1 heterocycles. The number of primary amides is 1. The smallest absolute Gasteiger partial charge is 0.242 e. The summed E-state index contributed by atoms with van der Waals surface area (Å²) >= 11 is 12.0. The van der Waals surface area contributed by atoms with Crippen LogP contribution >= 0.6 is 23.2 Å². The summed E-state index contributed by atoms with van der Waals surface area (Å²) in [5.41, 5.74) is 6.17. The van der Waals surface area contributed by atoms with Gasteiger partial charge < -0.3 is 10.6 Å². The first kappa shape index (κ1) is 23.5. The minimum absolute atomic E-state index is 0.00471. The molecule has 0 aromatic heterocycles. The molecule has 3 rings (SSSR count). The maximum atomic E-state index is 13.3. The van der Waals surface area contributed by atoms with Gasteiger partial charge >= 0.3 is 0 Å². The van der Waals surface area contributed by atoms with Gasteiger partial charge in [-0.3, -0.25) is 9.59 Å². The van der Waals surface area contributed by atoms with Crippen LogP contribution < -0.4 is 10.5 Å². The number of piperidine rings is 1. The zero-order valence-corrected chi connectivity index (χ0v) is 19.0. The molecule has 0 bridgehead atoms. The number of hydrogen-bond donors (Lipinski definition) is 2. The van der Waals surface area contributed by atoms with Crippen LogP contribution in [0.5, 0.6) is 0 Å². The lowest BCUT2D eigenvalue weighted by atomic mass is 9.95. The normalized spacial score (nSPS) is 16.1. The lowest BCUT2D eigenvalue weighted by Gasteiger charge is -2.33. The van der Waals surface area contributed by atoms with E-state index in [9.17, 15) is 18.0 Å². The Bertz CT molecular complexity index is 1060. The van der Waals surface area contributed by atoms with E-state index in [0.29, 0.717) is 25.9 Å². The van der Waals surface area contributed by atoms with Crippen LogP contribution in [0, 0.1) is 5.92 Å². The topological polar surface area (TPSA) is 110 Å². The summed E-state index contributed by atoms with van der Waals surface area (Å²) in [6, 6.07) is 12.2. The van der Waals surface area contributed by atoms with Crippen LogP contribution in [0.15, 0.2) is 53.4 Å². The molecular formula is C21H23Cl2N3O4S. The second-order valence-electron chi connectivity index (χ2n) is 7.44. The number of halogens is 2. The number of amides is 2. The van der Waals surface area contributed by atoms with Crippen molar-refractivity contribution >= 4 is 45.0 Å². The van der Waals surface area contributed by atoms with Crippen molar-refractivity contribution in [3.05, 3.63) is 64.1 Å². The van der Waals surface area contributed by atoms with Crippen molar-refractivity contribution in [3.8, 4) is 0 Å². The Labute approximate surface area is 191 Å². The van der Waals surface area contributed by atoms with Gasteiger partial charge in [-0.1, -0.05) is 53.5 Å². The maximum Gasteiger partial charge on any atom is 0.242 e. The van der Waals surface area contributed by atoms with Gasteiger partial charge in [-0.15, -0.1) is 0 Å². The third-order valence-electron chi connectivity index (χ3n) is 5.27. The number of carbonyl (C=O) groups is 2. The minimum atomic E-state index is -4.13. The van der Waals surface area contributed by atoms with Crippen molar-refractivity contribution in [2.75, 3.05) is 13.1 Å². The minimum Gasteiger partial charge on any atom is -0.369 e. The fourth-order valence-electron chi connectivity index (χ4n) is 3.57. The number of nitrogens with one attached hydrogen (secondary N) is 1. The SMILES string of the molecule is NC(=O)C1CCN(C(=O)C(Cc2ccccc2)NS(=O)(=O)c2cc(Cl)ccc2Cl)CC1. The molecule has 10 heteroatoms. The van der Waals surface area contributed by atoms with E-state index in [0.717, 1.165) is 5.56 Å². The van der Waals surface area contributed by atoms with Gasteiger partial charge in [0.15, 0.2) is 0 Å². The Morgan fingerprint density at radius 3 is 2.35 bits per heavy atom. The molecule has 2 aromatic rings. The molecule has 2 amide bonds. The van der Waals surface area contributed by atoms with Gasteiger partial charge in [0.2, 0.25) is 21.8 Å². The summed E-state index contributed by atoms with van der Waals surface area (Å²) in [5, 5.41) is 0.217. The molecule has 2 aromatic carbocycles. The van der Waals surface area contributed by atoms with Gasteiger partial charge in [-0.05, 0) is 43.0 Å². The molecule has 0 aliphatic carbocycles. The Hall–Kier alpha value is -2.13. The highest BCUT2D eigenvalue weighted by Gasteiger charge is 2.33. The van der Waals surface area contributed by atoms with Crippen molar-refractivity contribution in [2.24, 2.45) is 11.7 Å². The van der Waals surface area contributed by atoms with Gasteiger partial charge in [-0.25, -0.2) is 8.42 Å². The molecule has 0 radical (unpaired) electrons. The first-order valence-electron chi connectivity index (χ1n) is 9.77. The van der Waals surface area contributed by atoms with E-state index in [1.165, 1.54) is 18.2 Å². The summed E-state index contributed by atoms with van der Waals surface area (Å²) in [6.07, 6.45) is 1.06. The number of carbonyl (C=O) groups excluding carboxylic acids is 2. The number of benzene rings is 2. The van der Waals surface area contributed by atoms with E-state index in [4.69, 9.17) is 28.9 Å². The lowest BCUT2D eigenvalue weighted by molar-refractivity contribution is -0.136. The highest BCUT2D eigenvalue weighted by Crippen LogP contribution is 2.26. The molecule has 0 spiro atoms. The van der Waals surface area contributed by atoms with Crippen LogP contribution in [-0.4, -0.2) is 44.3 Å². The van der Waals surface area contributed by atoms with Crippen molar-refractivity contribution in [1.29, 1.82) is 0 Å². The Morgan fingerprint density at radius 2 is 1.74 bits per heavy atom. The van der Waals surface area contributed by atoms with Crippen molar-refractivity contribution < 1.29 is 18.0 Å². The summed E-state index contributed by atoms with van der Waals surface area (Å²) < 4.78 is 28.6. The number of rotatable bonds is 7. The number of likely N-dealkylation sites (tertiary alicyclic amines) is 1. The van der Waals surface area contributed by atoms with Crippen LogP contribution in [0.2, 0.25) is 10.0 Å². The maximum absolute atomic E-state index is 13.3. The zero-order chi connectivity index (χ0) is 22.6. The summed E-state index contributed by atoms with van der Waals surface area (Å²) in [4.78, 5) is 26.0. The Kier molecular flexibility index (Phi) is 7.59. The third kappa shape index (κ3) is 5.98. The number of sulfonamides is 1. The van der Waals surface area contributed by atoms with Crippen molar-refractivity contribution in [1.82, 2.24) is 9.62 Å². The number of nitrogens with zero attached hydrogens (tertiary/aromatic N) is 1. The van der Waals surface area contributed by atoms with E-state index >= 15 is 0 Å². The third-order valence-corrected chi connectivity index (χ3v) is 7.46. The predicted molar refractivity (Wildman–Crippen MR) is 119 cm³/mol. The fourth-order valence-corrected chi connectivity index (χ4v) is 5.52. The lowest BCUT2D eigenvalue weighted by Crippen LogP contribution is -2.52. The first-order valence-corrected chi connectivity index (χ1v) is 12.0. The second-order valence-corrected chi connectivity index (χ2v) is 9.97. The monoisotopic (exact) mass is 483 g/mol. The van der Waals surface area contributed by atoms with Gasteiger partial charge in [0.1, 0.15) is 10.9 Å². The van der Waals surface area contributed by atoms with Gasteiger partial charge in [0.05, 0.1) is 5.02 Å². The molecule has 1 aliphatic heterocycles. The van der Waals surface area contributed by atoms with E-state index < -0.39 is 16.1 Å². The molecule has 166 valence electrons. The summed E-state index contributed by atoms with van der Waals surface area (Å²) in [6.45, 7) is 0.661. The molecule has 3 N–H and O–H groups in total. The Balaban J connectivity index is 1.85. The molecule has 1 saturated heterocycles. The van der Waals surface area contributed by atoms with Gasteiger partial charge in [0, 0.05) is 24.0 Å². The molecular weight excluding hydrogens is 461 g/mol. The van der Waals surface area contributed by atoms with Crippen LogP contribution in [-0.2, 0) is 26.0 Å². The van der Waals surface area contributed by atoms with Crippen LogP contribution in [0.25, 0.3) is 0 Å². The first-order chi connectivity index (χ1) is 14.7. The zero-order valence-electron chi connectivity index (χ0n) is 16.6. The number of hydrogen-bond acceptors (Lipinski definition) is 4. The predicted octanol–water partition coefficient (Wildman–Crippen LogP) is 2.61. The van der Waals surface area contributed by atoms with Crippen LogP contribution in [0.1, 0.15) is 18.4 Å². The van der Waals surface area contributed by atoms with Crippen molar-refractivity contribution in [2.45, 2.75) is 30.2 Å². The molecule has 1 aliphatic rings. The van der Waals surface area contributed by atoms with E-state index in [1.54, 1.807) is 4.90 Å². The average Bonchev–Trinajstić information content (AvgIpc) is 2.75. The highest BCUT2D eigenvalue weighted by molar-refractivity contribution is 7.89. The quantitative estimate of drug-likeness (QED) is 0.630. The van der Waals surface area contributed by atoms with E-state index in [1.807, 2.05) is 30.3 Å². The van der Waals surface area contributed by atoms with Crippen molar-refractivity contribution in [3.63, 3.8) is 0 Å². The number of nitrogens with two attached hydrogens (primary N) is 1. The molecule has 1 fully saturated rings. The van der Waals surface area contributed by atoms with Crippen LogP contribution in [0.3, 0.4) is 0 Å². The fraction of sp³-hybridized carbons (Fsp3) is 0.333. The standard InChI is InChI=1S/C21H23Cl2N3O4S/c22-16-6-7-17(23)19(13-16)31(29,30)25-18(12-14-4-2-1-3-5-14)21(28)26-10-8-15(9-11-26)20(24)27/h1-7,13,15,18,25H,8-12H2,(H2,24,27). The summed E-state index contributed by atoms with van der Waals surface area (Å²) in [7, 11) is -4.13. The molecule has 1 unspecified atom stereocenters.